The highest BCUT2D eigenvalue weighted by atomic mass is 35.5. The van der Waals surface area contributed by atoms with Crippen molar-refractivity contribution in [3.63, 3.8) is 0 Å². The Balaban J connectivity index is 2.15. The predicted octanol–water partition coefficient (Wildman–Crippen LogP) is 7.00. The molecule has 178 valence electrons. The number of urea groups is 1. The van der Waals surface area contributed by atoms with Crippen LogP contribution < -0.4 is 5.32 Å². The molecule has 0 saturated heterocycles. The van der Waals surface area contributed by atoms with Crippen LogP contribution in [0, 0.1) is 0 Å². The normalized spacial score (nSPS) is 11.9. The Morgan fingerprint density at radius 3 is 2.42 bits per heavy atom. The lowest BCUT2D eigenvalue weighted by Crippen LogP contribution is -2.36. The monoisotopic (exact) mass is 487 g/mol. The molecule has 2 amide bonds. The van der Waals surface area contributed by atoms with Gasteiger partial charge in [-0.3, -0.25) is 5.21 Å². The molecule has 0 unspecified atom stereocenters. The van der Waals surface area contributed by atoms with Gasteiger partial charge < -0.3 is 10.3 Å². The van der Waals surface area contributed by atoms with Crippen LogP contribution in [0.4, 0.5) is 4.79 Å². The zero-order valence-electron chi connectivity index (χ0n) is 20.3. The summed E-state index contributed by atoms with van der Waals surface area (Å²) < 4.78 is -0.00501. The van der Waals surface area contributed by atoms with Crippen LogP contribution in [0.5, 0.6) is 0 Å². The molecule has 7 heteroatoms. The van der Waals surface area contributed by atoms with Gasteiger partial charge >= 0.3 is 6.03 Å². The number of aromatic nitrogens is 1. The number of carbonyl (C=O) groups excluding carboxylic acids is 1. The first-order chi connectivity index (χ1) is 15.5. The first-order valence-corrected chi connectivity index (χ1v) is 12.5. The lowest BCUT2D eigenvalue weighted by molar-refractivity contribution is -0.0415. The largest absolute Gasteiger partial charge is 0.357 e. The van der Waals surface area contributed by atoms with Crippen LogP contribution in [0.2, 0.25) is 5.02 Å². The molecule has 0 atom stereocenters. The summed E-state index contributed by atoms with van der Waals surface area (Å²) in [7, 11) is 1.51. The molecule has 33 heavy (non-hydrogen) atoms. The minimum atomic E-state index is -0.512. The second kappa shape index (κ2) is 10.4. The Kier molecular flexibility index (Phi) is 8.04. The first-order valence-electron chi connectivity index (χ1n) is 11.3. The number of H-pyrrole nitrogens is 1. The first kappa shape index (κ1) is 25.5. The maximum atomic E-state index is 11.8. The number of benzene rings is 2. The zero-order valence-corrected chi connectivity index (χ0v) is 21.8. The van der Waals surface area contributed by atoms with E-state index in [2.05, 4.69) is 69.2 Å². The zero-order chi connectivity index (χ0) is 24.3. The van der Waals surface area contributed by atoms with Crippen molar-refractivity contribution in [3.05, 3.63) is 63.8 Å². The van der Waals surface area contributed by atoms with E-state index in [0.29, 0.717) is 12.3 Å². The van der Waals surface area contributed by atoms with Crippen molar-refractivity contribution in [2.24, 2.45) is 0 Å². The maximum Gasteiger partial charge on any atom is 0.340 e. The molecule has 0 aliphatic heterocycles. The van der Waals surface area contributed by atoms with E-state index >= 15 is 0 Å². The Labute approximate surface area is 205 Å². The van der Waals surface area contributed by atoms with E-state index in [0.717, 1.165) is 27.7 Å². The number of hydrogen-bond donors (Lipinski definition) is 3. The highest BCUT2D eigenvalue weighted by molar-refractivity contribution is 8.00. The smallest absolute Gasteiger partial charge is 0.340 e. The molecule has 1 aromatic heterocycles. The summed E-state index contributed by atoms with van der Waals surface area (Å²) in [4.78, 5) is 16.5. The summed E-state index contributed by atoms with van der Waals surface area (Å²) >= 11 is 7.95. The van der Waals surface area contributed by atoms with Crippen molar-refractivity contribution in [2.75, 3.05) is 13.6 Å². The number of rotatable bonds is 7. The molecule has 0 saturated carbocycles. The molecule has 0 bridgehead atoms. The summed E-state index contributed by atoms with van der Waals surface area (Å²) in [6.07, 6.45) is 1.33. The summed E-state index contributed by atoms with van der Waals surface area (Å²) in [6, 6.07) is 11.9. The Morgan fingerprint density at radius 1 is 1.18 bits per heavy atom. The van der Waals surface area contributed by atoms with Crippen molar-refractivity contribution >= 4 is 40.3 Å². The molecule has 2 aromatic carbocycles. The third kappa shape index (κ3) is 6.25. The van der Waals surface area contributed by atoms with Crippen molar-refractivity contribution in [1.82, 2.24) is 15.4 Å². The molecule has 0 fully saturated rings. The molecule has 5 nitrogen and oxygen atoms in total. The summed E-state index contributed by atoms with van der Waals surface area (Å²) in [5, 5.41) is 15.2. The second-order valence-corrected chi connectivity index (χ2v) is 11.9. The van der Waals surface area contributed by atoms with Gasteiger partial charge in [-0.2, -0.15) is 0 Å². The number of amides is 2. The number of hydroxylamine groups is 2. The van der Waals surface area contributed by atoms with Crippen LogP contribution in [-0.2, 0) is 12.8 Å². The standard InChI is InChI=1S/C26H34ClN3O2S/c1-16(2)19-11-12-21-23(20(19)15-17-7-9-18(27)10-8-17)24(33-26(3,4)5)22(29-21)13-14-30(32)25(31)28-6/h7-12,16,29,32H,13-15H2,1-6H3,(H,28,31). The van der Waals surface area contributed by atoms with Crippen LogP contribution in [0.3, 0.4) is 0 Å². The Bertz CT molecular complexity index is 1120. The molecule has 3 N–H and O–H groups in total. The van der Waals surface area contributed by atoms with Gasteiger partial charge in [-0.25, -0.2) is 9.86 Å². The molecular weight excluding hydrogens is 454 g/mol. The molecular formula is C26H34ClN3O2S. The summed E-state index contributed by atoms with van der Waals surface area (Å²) in [6.45, 7) is 11.3. The van der Waals surface area contributed by atoms with Gasteiger partial charge in [0.15, 0.2) is 0 Å². The van der Waals surface area contributed by atoms with Gasteiger partial charge in [0.1, 0.15) is 0 Å². The quantitative estimate of drug-likeness (QED) is 0.191. The fourth-order valence-corrected chi connectivity index (χ4v) is 5.33. The number of nitrogens with one attached hydrogen (secondary N) is 2. The number of nitrogens with zero attached hydrogens (tertiary/aromatic N) is 1. The van der Waals surface area contributed by atoms with Gasteiger partial charge in [0.2, 0.25) is 0 Å². The minimum Gasteiger partial charge on any atom is -0.357 e. The summed E-state index contributed by atoms with van der Waals surface area (Å²) in [5.41, 5.74) is 5.96. The van der Waals surface area contributed by atoms with E-state index in [1.54, 1.807) is 0 Å². The highest BCUT2D eigenvalue weighted by Crippen LogP contribution is 2.43. The fraction of sp³-hybridized carbons (Fsp3) is 0.423. The van der Waals surface area contributed by atoms with E-state index in [1.165, 1.54) is 34.0 Å². The highest BCUT2D eigenvalue weighted by Gasteiger charge is 2.24. The molecule has 0 radical (unpaired) electrons. The Morgan fingerprint density at radius 2 is 1.85 bits per heavy atom. The molecule has 1 heterocycles. The van der Waals surface area contributed by atoms with Crippen LogP contribution in [-0.4, -0.2) is 39.6 Å². The van der Waals surface area contributed by atoms with Gasteiger partial charge in [-0.1, -0.05) is 64.4 Å². The number of aromatic amines is 1. The third-order valence-corrected chi connectivity index (χ3v) is 7.00. The molecule has 0 aliphatic carbocycles. The van der Waals surface area contributed by atoms with Gasteiger partial charge in [-0.05, 0) is 47.2 Å². The van der Waals surface area contributed by atoms with Crippen molar-refractivity contribution in [2.45, 2.75) is 63.0 Å². The molecule has 3 aromatic rings. The SMILES string of the molecule is CNC(=O)N(O)CCc1[nH]c2ccc(C(C)C)c(Cc3ccc(Cl)cc3)c2c1SC(C)(C)C. The van der Waals surface area contributed by atoms with Gasteiger partial charge in [0.05, 0.1) is 6.54 Å². The molecule has 0 aliphatic rings. The van der Waals surface area contributed by atoms with Gasteiger partial charge in [0, 0.05) is 44.7 Å². The summed E-state index contributed by atoms with van der Waals surface area (Å²) in [5.74, 6) is 0.378. The topological polar surface area (TPSA) is 68.4 Å². The van der Waals surface area contributed by atoms with Crippen LogP contribution in [0.15, 0.2) is 41.3 Å². The third-order valence-electron chi connectivity index (χ3n) is 5.48. The minimum absolute atomic E-state index is 0.00501. The number of fused-ring (bicyclic) bond motifs is 1. The van der Waals surface area contributed by atoms with E-state index in [1.807, 2.05) is 23.9 Å². The van der Waals surface area contributed by atoms with Gasteiger partial charge in [-0.15, -0.1) is 11.8 Å². The number of thioether (sulfide) groups is 1. The number of halogens is 1. The van der Waals surface area contributed by atoms with Crippen molar-refractivity contribution in [3.8, 4) is 0 Å². The fourth-order valence-electron chi connectivity index (χ4n) is 3.98. The van der Waals surface area contributed by atoms with E-state index in [9.17, 15) is 10.0 Å². The Hall–Kier alpha value is -2.15. The number of carbonyl (C=O) groups is 1. The lowest BCUT2D eigenvalue weighted by Gasteiger charge is -2.21. The second-order valence-electron chi connectivity index (χ2n) is 9.59. The average Bonchev–Trinajstić information content (AvgIpc) is 3.09. The average molecular weight is 488 g/mol. The van der Waals surface area contributed by atoms with E-state index < -0.39 is 6.03 Å². The van der Waals surface area contributed by atoms with E-state index in [-0.39, 0.29) is 11.3 Å². The van der Waals surface area contributed by atoms with Crippen LogP contribution in [0.1, 0.15) is 62.9 Å². The molecule has 3 rings (SSSR count). The number of hydrogen-bond acceptors (Lipinski definition) is 3. The van der Waals surface area contributed by atoms with E-state index in [4.69, 9.17) is 11.6 Å². The van der Waals surface area contributed by atoms with Crippen molar-refractivity contribution in [1.29, 1.82) is 0 Å². The maximum absolute atomic E-state index is 11.8. The molecule has 0 spiro atoms. The van der Waals surface area contributed by atoms with Crippen LogP contribution in [0.25, 0.3) is 10.9 Å². The van der Waals surface area contributed by atoms with Crippen molar-refractivity contribution < 1.29 is 10.0 Å². The van der Waals surface area contributed by atoms with Gasteiger partial charge in [0.25, 0.3) is 0 Å². The lowest BCUT2D eigenvalue weighted by atomic mass is 9.90. The predicted molar refractivity (Wildman–Crippen MR) is 139 cm³/mol. The van der Waals surface area contributed by atoms with Crippen LogP contribution >= 0.6 is 23.4 Å².